The second kappa shape index (κ2) is 6.33. The van der Waals surface area contributed by atoms with Gasteiger partial charge in [-0.25, -0.2) is 9.97 Å². The molecule has 1 aliphatic rings. The molecule has 1 atom stereocenters. The number of hydrogen-bond donors (Lipinski definition) is 1. The third kappa shape index (κ3) is 3.06. The minimum atomic E-state index is -0.0272. The van der Waals surface area contributed by atoms with E-state index in [1.165, 1.54) is 30.5 Å². The Morgan fingerprint density at radius 2 is 1.84 bits per heavy atom. The molecule has 0 saturated heterocycles. The van der Waals surface area contributed by atoms with Crippen LogP contribution in [0.2, 0.25) is 0 Å². The van der Waals surface area contributed by atoms with Gasteiger partial charge in [-0.05, 0) is 31.6 Å². The molecule has 4 nitrogen and oxygen atoms in total. The number of aromatic nitrogens is 2. The van der Waals surface area contributed by atoms with Crippen LogP contribution in [0.1, 0.15) is 56.3 Å². The molecular formula is C15H25N3O. The molecule has 1 heterocycles. The SMILES string of the molecule is CNc1nc(C(OC)C(C)C)nc2c1CCCCC2. The van der Waals surface area contributed by atoms with Crippen molar-refractivity contribution in [2.24, 2.45) is 5.92 Å². The summed E-state index contributed by atoms with van der Waals surface area (Å²) in [4.78, 5) is 9.49. The number of fused-ring (bicyclic) bond motifs is 1. The van der Waals surface area contributed by atoms with Crippen molar-refractivity contribution in [2.45, 2.75) is 52.1 Å². The number of nitrogens with one attached hydrogen (secondary N) is 1. The first-order valence-electron chi connectivity index (χ1n) is 7.27. The topological polar surface area (TPSA) is 47.0 Å². The Kier molecular flexibility index (Phi) is 4.75. The molecule has 0 saturated carbocycles. The Morgan fingerprint density at radius 1 is 1.11 bits per heavy atom. The van der Waals surface area contributed by atoms with E-state index in [4.69, 9.17) is 14.7 Å². The van der Waals surface area contributed by atoms with E-state index in [1.54, 1.807) is 7.11 Å². The summed E-state index contributed by atoms with van der Waals surface area (Å²) in [6.07, 6.45) is 5.88. The molecule has 1 aromatic rings. The lowest BCUT2D eigenvalue weighted by Crippen LogP contribution is -2.16. The molecule has 0 aliphatic heterocycles. The smallest absolute Gasteiger partial charge is 0.159 e. The van der Waals surface area contributed by atoms with Crippen LogP contribution in [-0.4, -0.2) is 24.1 Å². The van der Waals surface area contributed by atoms with Crippen molar-refractivity contribution in [3.63, 3.8) is 0 Å². The molecular weight excluding hydrogens is 238 g/mol. The molecule has 106 valence electrons. The fraction of sp³-hybridized carbons (Fsp3) is 0.733. The molecule has 19 heavy (non-hydrogen) atoms. The van der Waals surface area contributed by atoms with E-state index in [1.807, 2.05) is 7.05 Å². The van der Waals surface area contributed by atoms with E-state index in [2.05, 4.69) is 19.2 Å². The van der Waals surface area contributed by atoms with Crippen LogP contribution in [-0.2, 0) is 17.6 Å². The lowest BCUT2D eigenvalue weighted by Gasteiger charge is -2.20. The van der Waals surface area contributed by atoms with E-state index < -0.39 is 0 Å². The molecule has 1 aliphatic carbocycles. The van der Waals surface area contributed by atoms with E-state index in [0.29, 0.717) is 5.92 Å². The Hall–Kier alpha value is -1.16. The maximum atomic E-state index is 5.57. The second-order valence-electron chi connectivity index (χ2n) is 5.57. The quantitative estimate of drug-likeness (QED) is 0.848. The van der Waals surface area contributed by atoms with E-state index in [9.17, 15) is 0 Å². The summed E-state index contributed by atoms with van der Waals surface area (Å²) in [6.45, 7) is 4.28. The number of methoxy groups -OCH3 is 1. The summed E-state index contributed by atoms with van der Waals surface area (Å²) in [7, 11) is 3.67. The third-order valence-corrected chi connectivity index (χ3v) is 3.80. The van der Waals surface area contributed by atoms with Crippen molar-refractivity contribution in [1.29, 1.82) is 0 Å². The van der Waals surface area contributed by atoms with Crippen LogP contribution in [0.25, 0.3) is 0 Å². The molecule has 0 spiro atoms. The summed E-state index contributed by atoms with van der Waals surface area (Å²) >= 11 is 0. The predicted molar refractivity (Wildman–Crippen MR) is 77.4 cm³/mol. The highest BCUT2D eigenvalue weighted by molar-refractivity contribution is 5.47. The molecule has 4 heteroatoms. The standard InChI is InChI=1S/C15H25N3O/c1-10(2)13(19-4)15-17-12-9-7-5-6-8-11(12)14(16-3)18-15/h10,13H,5-9H2,1-4H3,(H,16,17,18). The summed E-state index contributed by atoms with van der Waals surface area (Å²) < 4.78 is 5.57. The van der Waals surface area contributed by atoms with Crippen LogP contribution in [0, 0.1) is 5.92 Å². The largest absolute Gasteiger partial charge is 0.373 e. The van der Waals surface area contributed by atoms with Gasteiger partial charge in [0.25, 0.3) is 0 Å². The van der Waals surface area contributed by atoms with E-state index in [0.717, 1.165) is 24.5 Å². The Balaban J connectivity index is 2.44. The Bertz CT molecular complexity index is 432. The second-order valence-corrected chi connectivity index (χ2v) is 5.57. The van der Waals surface area contributed by atoms with Crippen molar-refractivity contribution >= 4 is 5.82 Å². The van der Waals surface area contributed by atoms with Gasteiger partial charge in [0.1, 0.15) is 11.9 Å². The van der Waals surface area contributed by atoms with Crippen LogP contribution < -0.4 is 5.32 Å². The van der Waals surface area contributed by atoms with Gasteiger partial charge in [-0.3, -0.25) is 0 Å². The summed E-state index contributed by atoms with van der Waals surface area (Å²) in [5.41, 5.74) is 2.52. The number of aryl methyl sites for hydroxylation is 1. The van der Waals surface area contributed by atoms with Gasteiger partial charge in [-0.15, -0.1) is 0 Å². The summed E-state index contributed by atoms with van der Waals surface area (Å²) in [5.74, 6) is 2.19. The Morgan fingerprint density at radius 3 is 2.47 bits per heavy atom. The van der Waals surface area contributed by atoms with Crippen LogP contribution in [0.5, 0.6) is 0 Å². The van der Waals surface area contributed by atoms with Crippen molar-refractivity contribution in [3.05, 3.63) is 17.1 Å². The average molecular weight is 263 g/mol. The number of anilines is 1. The first kappa shape index (κ1) is 14.3. The third-order valence-electron chi connectivity index (χ3n) is 3.80. The Labute approximate surface area is 116 Å². The molecule has 1 unspecified atom stereocenters. The van der Waals surface area contributed by atoms with E-state index in [-0.39, 0.29) is 6.10 Å². The minimum Gasteiger partial charge on any atom is -0.373 e. The maximum absolute atomic E-state index is 5.57. The van der Waals surface area contributed by atoms with Crippen LogP contribution >= 0.6 is 0 Å². The molecule has 0 radical (unpaired) electrons. The number of rotatable bonds is 4. The van der Waals surface area contributed by atoms with Crippen molar-refractivity contribution < 1.29 is 4.74 Å². The molecule has 0 aromatic carbocycles. The predicted octanol–water partition coefficient (Wildman–Crippen LogP) is 3.13. The first-order valence-corrected chi connectivity index (χ1v) is 7.27. The lowest BCUT2D eigenvalue weighted by atomic mass is 10.0. The van der Waals surface area contributed by atoms with Gasteiger partial charge in [-0.2, -0.15) is 0 Å². The molecule has 2 rings (SSSR count). The number of nitrogens with zero attached hydrogens (tertiary/aromatic N) is 2. The van der Waals surface area contributed by atoms with Gasteiger partial charge >= 0.3 is 0 Å². The fourth-order valence-electron chi connectivity index (χ4n) is 2.80. The highest BCUT2D eigenvalue weighted by Gasteiger charge is 2.22. The van der Waals surface area contributed by atoms with Gasteiger partial charge in [0.2, 0.25) is 0 Å². The first-order chi connectivity index (χ1) is 9.17. The summed E-state index contributed by atoms with van der Waals surface area (Å²) in [6, 6.07) is 0. The highest BCUT2D eigenvalue weighted by Crippen LogP contribution is 2.29. The molecule has 1 N–H and O–H groups in total. The van der Waals surface area contributed by atoms with E-state index >= 15 is 0 Å². The molecule has 0 fully saturated rings. The zero-order chi connectivity index (χ0) is 13.8. The van der Waals surface area contributed by atoms with Gasteiger partial charge in [0.15, 0.2) is 5.82 Å². The monoisotopic (exact) mass is 263 g/mol. The normalized spacial score (nSPS) is 16.9. The van der Waals surface area contributed by atoms with Crippen LogP contribution in [0.3, 0.4) is 0 Å². The zero-order valence-corrected chi connectivity index (χ0v) is 12.5. The van der Waals surface area contributed by atoms with Gasteiger partial charge in [-0.1, -0.05) is 20.3 Å². The molecule has 0 bridgehead atoms. The van der Waals surface area contributed by atoms with Crippen LogP contribution in [0.4, 0.5) is 5.82 Å². The minimum absolute atomic E-state index is 0.0272. The zero-order valence-electron chi connectivity index (χ0n) is 12.5. The fourth-order valence-corrected chi connectivity index (χ4v) is 2.80. The number of hydrogen-bond acceptors (Lipinski definition) is 4. The maximum Gasteiger partial charge on any atom is 0.159 e. The lowest BCUT2D eigenvalue weighted by molar-refractivity contribution is 0.0573. The highest BCUT2D eigenvalue weighted by atomic mass is 16.5. The van der Waals surface area contributed by atoms with Crippen molar-refractivity contribution in [3.8, 4) is 0 Å². The van der Waals surface area contributed by atoms with Crippen molar-refractivity contribution in [2.75, 3.05) is 19.5 Å². The van der Waals surface area contributed by atoms with Gasteiger partial charge in [0.05, 0.1) is 0 Å². The van der Waals surface area contributed by atoms with Crippen molar-refractivity contribution in [1.82, 2.24) is 9.97 Å². The van der Waals surface area contributed by atoms with Crippen LogP contribution in [0.15, 0.2) is 0 Å². The molecule has 0 amide bonds. The average Bonchev–Trinajstić information content (AvgIpc) is 2.63. The number of ether oxygens (including phenoxy) is 1. The van der Waals surface area contributed by atoms with Gasteiger partial charge in [0, 0.05) is 25.4 Å². The molecule has 1 aromatic heterocycles. The van der Waals surface area contributed by atoms with Gasteiger partial charge < -0.3 is 10.1 Å². The summed E-state index contributed by atoms with van der Waals surface area (Å²) in [5, 5.41) is 3.23.